The third kappa shape index (κ3) is 3.86. The number of H-pyrrole nitrogens is 1. The molecule has 3 aromatic rings. The van der Waals surface area contributed by atoms with Crippen LogP contribution >= 0.6 is 11.3 Å². The van der Waals surface area contributed by atoms with Gasteiger partial charge in [0.2, 0.25) is 0 Å². The van der Waals surface area contributed by atoms with Gasteiger partial charge in [-0.1, -0.05) is 0 Å². The number of aromatic amines is 1. The molecule has 0 saturated carbocycles. The molecule has 128 valence electrons. The van der Waals surface area contributed by atoms with Crippen LogP contribution in [0.25, 0.3) is 11.3 Å². The lowest BCUT2D eigenvalue weighted by molar-refractivity contribution is 0.0994. The van der Waals surface area contributed by atoms with Crippen molar-refractivity contribution in [2.24, 2.45) is 5.73 Å². The van der Waals surface area contributed by atoms with E-state index >= 15 is 0 Å². The molecule has 0 bridgehead atoms. The van der Waals surface area contributed by atoms with Crippen molar-refractivity contribution in [2.45, 2.75) is 6.92 Å². The first-order valence-electron chi connectivity index (χ1n) is 7.55. The first-order chi connectivity index (χ1) is 12.1. The van der Waals surface area contributed by atoms with E-state index in [2.05, 4.69) is 15.3 Å². The predicted molar refractivity (Wildman–Crippen MR) is 96.0 cm³/mol. The van der Waals surface area contributed by atoms with Crippen LogP contribution in [0.15, 0.2) is 41.9 Å². The van der Waals surface area contributed by atoms with Gasteiger partial charge in [0.05, 0.1) is 12.3 Å². The molecule has 7 nitrogen and oxygen atoms in total. The van der Waals surface area contributed by atoms with Crippen molar-refractivity contribution in [3.63, 3.8) is 0 Å². The fourth-order valence-corrected chi connectivity index (χ4v) is 2.90. The van der Waals surface area contributed by atoms with E-state index in [0.717, 1.165) is 5.56 Å². The van der Waals surface area contributed by atoms with Gasteiger partial charge in [-0.2, -0.15) is 0 Å². The Morgan fingerprint density at radius 1 is 1.32 bits per heavy atom. The number of benzene rings is 1. The van der Waals surface area contributed by atoms with Gasteiger partial charge in [-0.3, -0.25) is 14.9 Å². The minimum atomic E-state index is -0.537. The third-order valence-corrected chi connectivity index (χ3v) is 4.15. The van der Waals surface area contributed by atoms with Gasteiger partial charge in [0.25, 0.3) is 11.8 Å². The Balaban J connectivity index is 1.69. The molecule has 2 heterocycles. The number of primary amides is 1. The standard InChI is InChI=1S/C17H16N4O3S/c1-2-24-12-5-3-10(4-6-12)16(23)21-17-20-14(9-25-17)11-7-13(15(18)22)19-8-11/h3-9,19H,2H2,1H3,(H2,18,22)(H,20,21,23). The van der Waals surface area contributed by atoms with Crippen LogP contribution in [0.5, 0.6) is 5.75 Å². The van der Waals surface area contributed by atoms with Crippen molar-refractivity contribution in [2.75, 3.05) is 11.9 Å². The Hall–Kier alpha value is -3.13. The van der Waals surface area contributed by atoms with Gasteiger partial charge in [-0.15, -0.1) is 11.3 Å². The zero-order chi connectivity index (χ0) is 17.8. The van der Waals surface area contributed by atoms with Gasteiger partial charge in [-0.05, 0) is 37.3 Å². The maximum Gasteiger partial charge on any atom is 0.265 e. The minimum Gasteiger partial charge on any atom is -0.494 e. The molecule has 0 aliphatic carbocycles. The monoisotopic (exact) mass is 356 g/mol. The maximum atomic E-state index is 12.3. The van der Waals surface area contributed by atoms with Crippen LogP contribution in [0.3, 0.4) is 0 Å². The zero-order valence-corrected chi connectivity index (χ0v) is 14.2. The minimum absolute atomic E-state index is 0.254. The number of nitrogens with zero attached hydrogens (tertiary/aromatic N) is 1. The summed E-state index contributed by atoms with van der Waals surface area (Å²) in [5, 5.41) is 5.02. The number of thiazole rings is 1. The highest BCUT2D eigenvalue weighted by Gasteiger charge is 2.12. The quantitative estimate of drug-likeness (QED) is 0.630. The van der Waals surface area contributed by atoms with Gasteiger partial charge in [0, 0.05) is 22.7 Å². The van der Waals surface area contributed by atoms with Crippen LogP contribution in [0.4, 0.5) is 5.13 Å². The second-order valence-electron chi connectivity index (χ2n) is 5.12. The number of hydrogen-bond donors (Lipinski definition) is 3. The summed E-state index contributed by atoms with van der Waals surface area (Å²) in [4.78, 5) is 30.5. The fourth-order valence-electron chi connectivity index (χ4n) is 2.19. The lowest BCUT2D eigenvalue weighted by atomic mass is 10.2. The number of anilines is 1. The molecule has 4 N–H and O–H groups in total. The summed E-state index contributed by atoms with van der Waals surface area (Å²) in [5.41, 5.74) is 7.41. The van der Waals surface area contributed by atoms with Gasteiger partial charge in [0.1, 0.15) is 11.4 Å². The molecule has 0 unspecified atom stereocenters. The molecular formula is C17H16N4O3S. The number of hydrogen-bond acceptors (Lipinski definition) is 5. The molecule has 25 heavy (non-hydrogen) atoms. The van der Waals surface area contributed by atoms with E-state index in [1.165, 1.54) is 11.3 Å². The third-order valence-electron chi connectivity index (χ3n) is 3.40. The van der Waals surface area contributed by atoms with Crippen molar-refractivity contribution in [1.29, 1.82) is 0 Å². The molecule has 0 spiro atoms. The molecule has 8 heteroatoms. The lowest BCUT2D eigenvalue weighted by Crippen LogP contribution is -2.11. The normalized spacial score (nSPS) is 10.4. The molecule has 2 amide bonds. The van der Waals surface area contributed by atoms with E-state index in [4.69, 9.17) is 10.5 Å². The highest BCUT2D eigenvalue weighted by Crippen LogP contribution is 2.26. The smallest absolute Gasteiger partial charge is 0.265 e. The van der Waals surface area contributed by atoms with E-state index in [9.17, 15) is 9.59 Å². The van der Waals surface area contributed by atoms with Crippen LogP contribution in [-0.2, 0) is 0 Å². The number of carbonyl (C=O) groups excluding carboxylic acids is 2. The van der Waals surface area contributed by atoms with Crippen LogP contribution in [0, 0.1) is 0 Å². The van der Waals surface area contributed by atoms with Crippen molar-refractivity contribution in [3.05, 3.63) is 53.2 Å². The molecule has 2 aromatic heterocycles. The molecule has 0 radical (unpaired) electrons. The molecule has 0 aliphatic rings. The Bertz CT molecular complexity index is 899. The number of nitrogens with two attached hydrogens (primary N) is 1. The van der Waals surface area contributed by atoms with Crippen molar-refractivity contribution in [1.82, 2.24) is 9.97 Å². The van der Waals surface area contributed by atoms with Crippen molar-refractivity contribution in [3.8, 4) is 17.0 Å². The SMILES string of the molecule is CCOc1ccc(C(=O)Nc2nc(-c3c[nH]c(C(N)=O)c3)cs2)cc1. The highest BCUT2D eigenvalue weighted by atomic mass is 32.1. The number of nitrogens with one attached hydrogen (secondary N) is 2. The largest absolute Gasteiger partial charge is 0.494 e. The van der Waals surface area contributed by atoms with Crippen molar-refractivity contribution >= 4 is 28.3 Å². The average Bonchev–Trinajstić information content (AvgIpc) is 3.25. The number of carbonyl (C=O) groups is 2. The summed E-state index contributed by atoms with van der Waals surface area (Å²) in [5.74, 6) is -0.0744. The summed E-state index contributed by atoms with van der Waals surface area (Å²) in [6, 6.07) is 8.50. The molecule has 3 rings (SSSR count). The topological polar surface area (TPSA) is 110 Å². The summed E-state index contributed by atoms with van der Waals surface area (Å²) in [7, 11) is 0. The maximum absolute atomic E-state index is 12.3. The molecule has 0 fully saturated rings. The molecular weight excluding hydrogens is 340 g/mol. The Kier molecular flexibility index (Phi) is 4.80. The Labute approximate surface area is 147 Å². The number of rotatable bonds is 6. The van der Waals surface area contributed by atoms with Gasteiger partial charge >= 0.3 is 0 Å². The Morgan fingerprint density at radius 3 is 2.72 bits per heavy atom. The zero-order valence-electron chi connectivity index (χ0n) is 13.4. The molecule has 0 aliphatic heterocycles. The summed E-state index contributed by atoms with van der Waals surface area (Å²) >= 11 is 1.30. The van der Waals surface area contributed by atoms with E-state index in [1.54, 1.807) is 41.9 Å². The first kappa shape index (κ1) is 16.7. The molecule has 0 saturated heterocycles. The van der Waals surface area contributed by atoms with E-state index in [1.807, 2.05) is 6.92 Å². The van der Waals surface area contributed by atoms with Gasteiger partial charge in [-0.25, -0.2) is 4.98 Å². The van der Waals surface area contributed by atoms with E-state index < -0.39 is 5.91 Å². The summed E-state index contributed by atoms with van der Waals surface area (Å²) in [6.07, 6.45) is 1.65. The van der Waals surface area contributed by atoms with Crippen LogP contribution in [0.1, 0.15) is 27.8 Å². The predicted octanol–water partition coefficient (Wildman–Crippen LogP) is 2.89. The van der Waals surface area contributed by atoms with E-state index in [0.29, 0.717) is 34.4 Å². The fraction of sp³-hybridized carbons (Fsp3) is 0.118. The summed E-state index contributed by atoms with van der Waals surface area (Å²) < 4.78 is 5.35. The van der Waals surface area contributed by atoms with E-state index in [-0.39, 0.29) is 5.91 Å². The second kappa shape index (κ2) is 7.18. The molecule has 1 aromatic carbocycles. The van der Waals surface area contributed by atoms with Crippen LogP contribution in [-0.4, -0.2) is 28.4 Å². The van der Waals surface area contributed by atoms with Crippen LogP contribution in [0.2, 0.25) is 0 Å². The van der Waals surface area contributed by atoms with Crippen LogP contribution < -0.4 is 15.8 Å². The van der Waals surface area contributed by atoms with Crippen molar-refractivity contribution < 1.29 is 14.3 Å². The number of ether oxygens (including phenoxy) is 1. The number of aromatic nitrogens is 2. The molecule has 0 atom stereocenters. The highest BCUT2D eigenvalue weighted by molar-refractivity contribution is 7.14. The van der Waals surface area contributed by atoms with Gasteiger partial charge in [0.15, 0.2) is 5.13 Å². The average molecular weight is 356 g/mol. The first-order valence-corrected chi connectivity index (χ1v) is 8.43. The second-order valence-corrected chi connectivity index (χ2v) is 5.97. The Morgan fingerprint density at radius 2 is 2.08 bits per heavy atom. The lowest BCUT2D eigenvalue weighted by Gasteiger charge is -2.04. The van der Waals surface area contributed by atoms with Gasteiger partial charge < -0.3 is 15.5 Å². The summed E-state index contributed by atoms with van der Waals surface area (Å²) in [6.45, 7) is 2.47. The number of amides is 2.